The number of carbonyl (C=O) groups is 1. The first-order valence-corrected chi connectivity index (χ1v) is 8.45. The fourth-order valence-corrected chi connectivity index (χ4v) is 3.19. The summed E-state index contributed by atoms with van der Waals surface area (Å²) in [7, 11) is 0. The normalized spacial score (nSPS) is 17.3. The van der Waals surface area contributed by atoms with Crippen LogP contribution in [0.25, 0.3) is 0 Å². The zero-order valence-corrected chi connectivity index (χ0v) is 14.4. The number of anilines is 1. The number of nitrogens with one attached hydrogen (secondary N) is 2. The molecule has 1 atom stereocenters. The highest BCUT2D eigenvalue weighted by molar-refractivity contribution is 9.10. The van der Waals surface area contributed by atoms with Crippen molar-refractivity contribution >= 4 is 27.5 Å². The maximum absolute atomic E-state index is 11.7. The number of rotatable bonds is 5. The molecule has 1 saturated heterocycles. The summed E-state index contributed by atoms with van der Waals surface area (Å²) in [5.74, 6) is 0.0986. The molecule has 1 aliphatic rings. The van der Waals surface area contributed by atoms with Gasteiger partial charge in [-0.25, -0.2) is 0 Å². The summed E-state index contributed by atoms with van der Waals surface area (Å²) in [6, 6.07) is 6.76. The van der Waals surface area contributed by atoms with E-state index in [1.807, 2.05) is 0 Å². The second-order valence-corrected chi connectivity index (χ2v) is 6.37. The van der Waals surface area contributed by atoms with E-state index in [9.17, 15) is 4.79 Å². The van der Waals surface area contributed by atoms with Crippen molar-refractivity contribution < 1.29 is 4.79 Å². The maximum atomic E-state index is 11.7. The molecular weight excluding hydrogens is 330 g/mol. The van der Waals surface area contributed by atoms with Crippen molar-refractivity contribution in [3.05, 3.63) is 28.2 Å². The van der Waals surface area contributed by atoms with Crippen molar-refractivity contribution in [2.45, 2.75) is 32.7 Å². The van der Waals surface area contributed by atoms with Gasteiger partial charge in [0.1, 0.15) is 0 Å². The first kappa shape index (κ1) is 16.3. The zero-order chi connectivity index (χ0) is 15.2. The van der Waals surface area contributed by atoms with Crippen molar-refractivity contribution in [3.63, 3.8) is 0 Å². The van der Waals surface area contributed by atoms with Gasteiger partial charge in [-0.15, -0.1) is 0 Å². The standard InChI is InChI=1S/C16H24BrN3O/c1-3-7-18-12(2)13-5-6-15(14(17)10-13)20-9-4-8-19-16(21)11-20/h5-6,10,12,18H,3-4,7-9,11H2,1-2H3,(H,19,21). The molecule has 0 aromatic heterocycles. The number of amides is 1. The van der Waals surface area contributed by atoms with E-state index in [-0.39, 0.29) is 5.91 Å². The Morgan fingerprint density at radius 3 is 3.00 bits per heavy atom. The minimum absolute atomic E-state index is 0.0986. The molecule has 5 heteroatoms. The van der Waals surface area contributed by atoms with Gasteiger partial charge < -0.3 is 15.5 Å². The van der Waals surface area contributed by atoms with Crippen LogP contribution >= 0.6 is 15.9 Å². The minimum atomic E-state index is 0.0986. The summed E-state index contributed by atoms with van der Waals surface area (Å²) < 4.78 is 1.06. The van der Waals surface area contributed by atoms with Gasteiger partial charge in [0.05, 0.1) is 12.2 Å². The van der Waals surface area contributed by atoms with E-state index >= 15 is 0 Å². The highest BCUT2D eigenvalue weighted by Gasteiger charge is 2.17. The molecule has 4 nitrogen and oxygen atoms in total. The van der Waals surface area contributed by atoms with Crippen molar-refractivity contribution in [2.75, 3.05) is 31.1 Å². The average Bonchev–Trinajstić information content (AvgIpc) is 2.69. The third kappa shape index (κ3) is 4.45. The average molecular weight is 354 g/mol. The SMILES string of the molecule is CCCNC(C)c1ccc(N2CCCNC(=O)C2)c(Br)c1. The fourth-order valence-electron chi connectivity index (χ4n) is 2.54. The molecule has 116 valence electrons. The van der Waals surface area contributed by atoms with E-state index in [2.05, 4.69) is 63.5 Å². The molecule has 1 heterocycles. The van der Waals surface area contributed by atoms with Crippen molar-refractivity contribution in [2.24, 2.45) is 0 Å². The molecule has 2 N–H and O–H groups in total. The lowest BCUT2D eigenvalue weighted by Gasteiger charge is -2.24. The Hall–Kier alpha value is -1.07. The quantitative estimate of drug-likeness (QED) is 0.855. The van der Waals surface area contributed by atoms with Crippen LogP contribution in [-0.4, -0.2) is 32.1 Å². The molecule has 0 spiro atoms. The molecule has 1 aliphatic heterocycles. The molecular formula is C16H24BrN3O. The molecule has 1 unspecified atom stereocenters. The molecule has 0 bridgehead atoms. The molecule has 1 fully saturated rings. The fraction of sp³-hybridized carbons (Fsp3) is 0.562. The van der Waals surface area contributed by atoms with Crippen LogP contribution < -0.4 is 15.5 Å². The summed E-state index contributed by atoms with van der Waals surface area (Å²) in [5, 5.41) is 6.40. The maximum Gasteiger partial charge on any atom is 0.239 e. The number of carbonyl (C=O) groups excluding carboxylic acids is 1. The first-order chi connectivity index (χ1) is 10.1. The summed E-state index contributed by atoms with van der Waals surface area (Å²) in [5.41, 5.74) is 2.36. The van der Waals surface area contributed by atoms with Gasteiger partial charge in [-0.2, -0.15) is 0 Å². The van der Waals surface area contributed by atoms with E-state index in [0.29, 0.717) is 12.6 Å². The van der Waals surface area contributed by atoms with E-state index in [0.717, 1.165) is 42.6 Å². The Kier molecular flexibility index (Phi) is 6.06. The van der Waals surface area contributed by atoms with E-state index < -0.39 is 0 Å². The molecule has 2 rings (SSSR count). The number of nitrogens with zero attached hydrogens (tertiary/aromatic N) is 1. The van der Waals surface area contributed by atoms with Crippen LogP contribution in [-0.2, 0) is 4.79 Å². The lowest BCUT2D eigenvalue weighted by Crippen LogP contribution is -2.33. The van der Waals surface area contributed by atoms with Crippen molar-refractivity contribution in [1.29, 1.82) is 0 Å². The lowest BCUT2D eigenvalue weighted by molar-refractivity contribution is -0.119. The second-order valence-electron chi connectivity index (χ2n) is 5.51. The van der Waals surface area contributed by atoms with E-state index in [4.69, 9.17) is 0 Å². The number of benzene rings is 1. The van der Waals surface area contributed by atoms with Gasteiger partial charge in [0.25, 0.3) is 0 Å². The molecule has 0 saturated carbocycles. The third-order valence-electron chi connectivity index (χ3n) is 3.77. The van der Waals surface area contributed by atoms with Crippen LogP contribution in [0.15, 0.2) is 22.7 Å². The molecule has 21 heavy (non-hydrogen) atoms. The molecule has 1 aromatic carbocycles. The summed E-state index contributed by atoms with van der Waals surface area (Å²) >= 11 is 3.66. The van der Waals surface area contributed by atoms with Gasteiger partial charge in [0.15, 0.2) is 0 Å². The van der Waals surface area contributed by atoms with Gasteiger partial charge in [0, 0.05) is 23.6 Å². The Morgan fingerprint density at radius 1 is 1.48 bits per heavy atom. The highest BCUT2D eigenvalue weighted by Crippen LogP contribution is 2.29. The molecule has 0 radical (unpaired) electrons. The Morgan fingerprint density at radius 2 is 2.29 bits per heavy atom. The summed E-state index contributed by atoms with van der Waals surface area (Å²) in [4.78, 5) is 13.8. The predicted octanol–water partition coefficient (Wildman–Crippen LogP) is 2.84. The monoisotopic (exact) mass is 353 g/mol. The van der Waals surface area contributed by atoms with Gasteiger partial charge >= 0.3 is 0 Å². The number of halogens is 1. The van der Waals surface area contributed by atoms with Crippen LogP contribution in [0.2, 0.25) is 0 Å². The van der Waals surface area contributed by atoms with Crippen LogP contribution in [0.4, 0.5) is 5.69 Å². The smallest absolute Gasteiger partial charge is 0.239 e. The van der Waals surface area contributed by atoms with Crippen molar-refractivity contribution in [1.82, 2.24) is 10.6 Å². The van der Waals surface area contributed by atoms with E-state index in [1.165, 1.54) is 5.56 Å². The number of hydrogen-bond donors (Lipinski definition) is 2. The van der Waals surface area contributed by atoms with Gasteiger partial charge in [-0.05, 0) is 59.9 Å². The molecule has 1 aromatic rings. The lowest BCUT2D eigenvalue weighted by atomic mass is 10.1. The Labute approximate surface area is 135 Å². The zero-order valence-electron chi connectivity index (χ0n) is 12.8. The van der Waals surface area contributed by atoms with Gasteiger partial charge in [-0.1, -0.05) is 13.0 Å². The Bertz CT molecular complexity index is 492. The minimum Gasteiger partial charge on any atom is -0.361 e. The largest absolute Gasteiger partial charge is 0.361 e. The van der Waals surface area contributed by atoms with Crippen LogP contribution in [0.5, 0.6) is 0 Å². The van der Waals surface area contributed by atoms with Crippen LogP contribution in [0, 0.1) is 0 Å². The number of hydrogen-bond acceptors (Lipinski definition) is 3. The van der Waals surface area contributed by atoms with Gasteiger partial charge in [0.2, 0.25) is 5.91 Å². The molecule has 1 amide bonds. The summed E-state index contributed by atoms with van der Waals surface area (Å²) in [6.07, 6.45) is 2.11. The van der Waals surface area contributed by atoms with Crippen LogP contribution in [0.1, 0.15) is 38.3 Å². The highest BCUT2D eigenvalue weighted by atomic mass is 79.9. The Balaban J connectivity index is 2.12. The first-order valence-electron chi connectivity index (χ1n) is 7.66. The predicted molar refractivity (Wildman–Crippen MR) is 90.7 cm³/mol. The topological polar surface area (TPSA) is 44.4 Å². The summed E-state index contributed by atoms with van der Waals surface area (Å²) in [6.45, 7) is 7.47. The van der Waals surface area contributed by atoms with Crippen molar-refractivity contribution in [3.8, 4) is 0 Å². The van der Waals surface area contributed by atoms with Crippen LogP contribution in [0.3, 0.4) is 0 Å². The molecule has 0 aliphatic carbocycles. The van der Waals surface area contributed by atoms with Gasteiger partial charge in [-0.3, -0.25) is 4.79 Å². The second kappa shape index (κ2) is 7.80. The third-order valence-corrected chi connectivity index (χ3v) is 4.41. The van der Waals surface area contributed by atoms with E-state index in [1.54, 1.807) is 0 Å².